The lowest BCUT2D eigenvalue weighted by atomic mass is 10.0. The van der Waals surface area contributed by atoms with Gasteiger partial charge in [0.25, 0.3) is 5.91 Å². The van der Waals surface area contributed by atoms with Crippen molar-refractivity contribution in [2.45, 2.75) is 31.7 Å². The Morgan fingerprint density at radius 2 is 1.80 bits per heavy atom. The van der Waals surface area contributed by atoms with Crippen molar-refractivity contribution in [3.05, 3.63) is 41.5 Å². The van der Waals surface area contributed by atoms with Crippen LogP contribution >= 0.6 is 0 Å². The Labute approximate surface area is 149 Å². The van der Waals surface area contributed by atoms with Crippen LogP contribution in [0.5, 0.6) is 0 Å². The number of benzene rings is 1. The molecule has 134 valence electrons. The van der Waals surface area contributed by atoms with Gasteiger partial charge in [-0.1, -0.05) is 12.1 Å². The summed E-state index contributed by atoms with van der Waals surface area (Å²) in [5.74, 6) is -0.0212. The van der Waals surface area contributed by atoms with Crippen LogP contribution in [0.3, 0.4) is 0 Å². The molecule has 2 fully saturated rings. The first-order valence-electron chi connectivity index (χ1n) is 9.20. The Balaban J connectivity index is 1.57. The third-order valence-electron chi connectivity index (χ3n) is 5.18. The van der Waals surface area contributed by atoms with E-state index in [-0.39, 0.29) is 11.8 Å². The molecule has 1 aromatic rings. The smallest absolute Gasteiger partial charge is 0.251 e. The van der Waals surface area contributed by atoms with E-state index in [4.69, 9.17) is 0 Å². The van der Waals surface area contributed by atoms with Crippen LogP contribution in [-0.2, 0) is 4.79 Å². The van der Waals surface area contributed by atoms with Crippen molar-refractivity contribution in [3.8, 4) is 0 Å². The molecule has 0 aliphatic carbocycles. The van der Waals surface area contributed by atoms with E-state index in [1.165, 1.54) is 32.4 Å². The van der Waals surface area contributed by atoms with E-state index < -0.39 is 0 Å². The van der Waals surface area contributed by atoms with Crippen LogP contribution in [-0.4, -0.2) is 60.9 Å². The molecule has 1 atom stereocenters. The molecule has 2 aliphatic heterocycles. The lowest BCUT2D eigenvalue weighted by molar-refractivity contribution is -0.127. The van der Waals surface area contributed by atoms with Gasteiger partial charge >= 0.3 is 0 Å². The summed E-state index contributed by atoms with van der Waals surface area (Å²) in [7, 11) is 1.61. The maximum Gasteiger partial charge on any atom is 0.251 e. The Kier molecular flexibility index (Phi) is 5.87. The van der Waals surface area contributed by atoms with Crippen molar-refractivity contribution in [1.29, 1.82) is 0 Å². The Morgan fingerprint density at radius 1 is 1.08 bits per heavy atom. The molecular formula is C20H27N3O2. The molecule has 0 aromatic heterocycles. The van der Waals surface area contributed by atoms with Crippen molar-refractivity contribution < 1.29 is 9.59 Å². The molecule has 2 amide bonds. The molecule has 3 rings (SSSR count). The minimum absolute atomic E-state index is 0.0827. The fourth-order valence-corrected chi connectivity index (χ4v) is 3.72. The molecule has 5 nitrogen and oxygen atoms in total. The summed E-state index contributed by atoms with van der Waals surface area (Å²) in [4.78, 5) is 28.6. The zero-order valence-electron chi connectivity index (χ0n) is 14.9. The first-order valence-corrected chi connectivity index (χ1v) is 9.20. The van der Waals surface area contributed by atoms with Crippen LogP contribution in [0.15, 0.2) is 30.3 Å². The maximum atomic E-state index is 12.5. The summed E-state index contributed by atoms with van der Waals surface area (Å²) < 4.78 is 0. The topological polar surface area (TPSA) is 52.7 Å². The first kappa shape index (κ1) is 17.7. The normalized spacial score (nSPS) is 21.6. The van der Waals surface area contributed by atoms with Crippen molar-refractivity contribution in [1.82, 2.24) is 15.1 Å². The van der Waals surface area contributed by atoms with Gasteiger partial charge in [-0.25, -0.2) is 0 Å². The summed E-state index contributed by atoms with van der Waals surface area (Å²) in [6, 6.07) is 7.79. The lowest BCUT2D eigenvalue weighted by Crippen LogP contribution is -2.48. The number of amides is 2. The van der Waals surface area contributed by atoms with Crippen LogP contribution < -0.4 is 5.32 Å². The van der Waals surface area contributed by atoms with Gasteiger partial charge in [-0.2, -0.15) is 0 Å². The predicted octanol–water partition coefficient (Wildman–Crippen LogP) is 2.15. The second kappa shape index (κ2) is 8.30. The van der Waals surface area contributed by atoms with E-state index in [0.717, 1.165) is 25.1 Å². The van der Waals surface area contributed by atoms with Crippen molar-refractivity contribution in [2.75, 3.05) is 33.2 Å². The molecule has 2 aliphatic rings. The van der Waals surface area contributed by atoms with Crippen LogP contribution in [0.4, 0.5) is 0 Å². The molecule has 0 bridgehead atoms. The van der Waals surface area contributed by atoms with Gasteiger partial charge in [-0.3, -0.25) is 14.5 Å². The van der Waals surface area contributed by atoms with Gasteiger partial charge in [-0.05, 0) is 62.5 Å². The Morgan fingerprint density at radius 3 is 2.48 bits per heavy atom. The summed E-state index contributed by atoms with van der Waals surface area (Å²) >= 11 is 0. The first-order chi connectivity index (χ1) is 12.2. The van der Waals surface area contributed by atoms with E-state index in [9.17, 15) is 9.59 Å². The largest absolute Gasteiger partial charge is 0.355 e. The second-order valence-corrected chi connectivity index (χ2v) is 6.86. The van der Waals surface area contributed by atoms with Gasteiger partial charge in [0.15, 0.2) is 0 Å². The summed E-state index contributed by atoms with van der Waals surface area (Å²) in [6.45, 7) is 4.06. The van der Waals surface area contributed by atoms with E-state index in [2.05, 4.69) is 10.2 Å². The van der Waals surface area contributed by atoms with Gasteiger partial charge in [0.1, 0.15) is 0 Å². The molecular weight excluding hydrogens is 314 g/mol. The molecule has 1 N–H and O–H groups in total. The second-order valence-electron chi connectivity index (χ2n) is 6.86. The zero-order valence-corrected chi connectivity index (χ0v) is 14.9. The predicted molar refractivity (Wildman–Crippen MR) is 99.3 cm³/mol. The van der Waals surface area contributed by atoms with Crippen molar-refractivity contribution in [2.24, 2.45) is 0 Å². The van der Waals surface area contributed by atoms with Gasteiger partial charge in [0, 0.05) is 37.8 Å². The number of nitrogens with zero attached hydrogens (tertiary/aromatic N) is 2. The molecule has 0 radical (unpaired) electrons. The molecule has 0 spiro atoms. The van der Waals surface area contributed by atoms with Crippen LogP contribution in [0, 0.1) is 0 Å². The van der Waals surface area contributed by atoms with Crippen LogP contribution in [0.2, 0.25) is 0 Å². The summed E-state index contributed by atoms with van der Waals surface area (Å²) in [5, 5.41) is 2.60. The number of nitrogens with one attached hydrogen (secondary N) is 1. The number of likely N-dealkylation sites (tertiary alicyclic amines) is 2. The van der Waals surface area contributed by atoms with Gasteiger partial charge in [0.05, 0.1) is 0 Å². The van der Waals surface area contributed by atoms with Crippen molar-refractivity contribution >= 4 is 17.9 Å². The lowest BCUT2D eigenvalue weighted by Gasteiger charge is -2.37. The third kappa shape index (κ3) is 4.48. The highest BCUT2D eigenvalue weighted by Crippen LogP contribution is 2.20. The molecule has 0 unspecified atom stereocenters. The van der Waals surface area contributed by atoms with E-state index in [1.54, 1.807) is 25.3 Å². The number of hydrogen-bond acceptors (Lipinski definition) is 3. The minimum Gasteiger partial charge on any atom is -0.355 e. The molecule has 2 heterocycles. The highest BCUT2D eigenvalue weighted by Gasteiger charge is 2.28. The molecule has 2 saturated heterocycles. The summed E-state index contributed by atoms with van der Waals surface area (Å²) in [6.07, 6.45) is 8.35. The SMILES string of the molecule is CNC(=O)c1ccc(/C=C/C(=O)N2CCC[C@@H](N3CCCC3)C2)cc1. The van der Waals surface area contributed by atoms with Gasteiger partial charge in [-0.15, -0.1) is 0 Å². The average Bonchev–Trinajstić information content (AvgIpc) is 3.21. The quantitative estimate of drug-likeness (QED) is 0.854. The fourth-order valence-electron chi connectivity index (χ4n) is 3.72. The number of carbonyl (C=O) groups is 2. The molecule has 25 heavy (non-hydrogen) atoms. The molecule has 0 saturated carbocycles. The number of carbonyl (C=O) groups excluding carboxylic acids is 2. The highest BCUT2D eigenvalue weighted by atomic mass is 16.2. The van der Waals surface area contributed by atoms with Gasteiger partial charge in [0.2, 0.25) is 5.91 Å². The van der Waals surface area contributed by atoms with Crippen molar-refractivity contribution in [3.63, 3.8) is 0 Å². The zero-order chi connectivity index (χ0) is 17.6. The number of piperidine rings is 1. The van der Waals surface area contributed by atoms with Crippen LogP contribution in [0.25, 0.3) is 6.08 Å². The monoisotopic (exact) mass is 341 g/mol. The van der Waals surface area contributed by atoms with E-state index in [1.807, 2.05) is 23.1 Å². The Bertz CT molecular complexity index is 633. The highest BCUT2D eigenvalue weighted by molar-refractivity contribution is 5.94. The minimum atomic E-state index is -0.104. The van der Waals surface area contributed by atoms with Gasteiger partial charge < -0.3 is 10.2 Å². The molecule has 5 heteroatoms. The molecule has 1 aromatic carbocycles. The third-order valence-corrected chi connectivity index (χ3v) is 5.18. The number of rotatable bonds is 4. The van der Waals surface area contributed by atoms with Crippen LogP contribution in [0.1, 0.15) is 41.6 Å². The fraction of sp³-hybridized carbons (Fsp3) is 0.500. The average molecular weight is 341 g/mol. The maximum absolute atomic E-state index is 12.5. The van der Waals surface area contributed by atoms with E-state index in [0.29, 0.717) is 11.6 Å². The van der Waals surface area contributed by atoms with E-state index >= 15 is 0 Å². The summed E-state index contributed by atoms with van der Waals surface area (Å²) in [5.41, 5.74) is 1.55. The standard InChI is InChI=1S/C20H27N3O2/c1-21-20(25)17-9-6-16(7-10-17)8-11-19(24)23-14-4-5-18(15-23)22-12-2-3-13-22/h6-11,18H,2-5,12-15H2,1H3,(H,21,25)/b11-8+/t18-/m1/s1. The number of hydrogen-bond donors (Lipinski definition) is 1. The Hall–Kier alpha value is -2.14.